The van der Waals surface area contributed by atoms with Crippen LogP contribution in [0.25, 0.3) is 0 Å². The normalized spacial score (nSPS) is 19.6. The second-order valence-corrected chi connectivity index (χ2v) is 5.73. The van der Waals surface area contributed by atoms with Gasteiger partial charge in [-0.2, -0.15) is 0 Å². The summed E-state index contributed by atoms with van der Waals surface area (Å²) in [5, 5.41) is 1.04. The molecule has 1 saturated carbocycles. The molecule has 1 aromatic rings. The third-order valence-electron chi connectivity index (χ3n) is 3.81. The summed E-state index contributed by atoms with van der Waals surface area (Å²) in [5.41, 5.74) is 1.53. The number of fused-ring (bicyclic) bond motifs is 1. The van der Waals surface area contributed by atoms with E-state index in [9.17, 15) is 0 Å². The Morgan fingerprint density at radius 1 is 1.22 bits per heavy atom. The monoisotopic (exact) mass is 312 g/mol. The molecule has 0 bridgehead atoms. The van der Waals surface area contributed by atoms with Gasteiger partial charge in [0.15, 0.2) is 11.5 Å². The minimum Gasteiger partial charge on any atom is -0.454 e. The summed E-state index contributed by atoms with van der Waals surface area (Å²) >= 11 is 3.59. The molecule has 0 spiro atoms. The summed E-state index contributed by atoms with van der Waals surface area (Å²) < 4.78 is 16.5. The molecule has 3 rings (SSSR count). The largest absolute Gasteiger partial charge is 0.454 e. The van der Waals surface area contributed by atoms with Gasteiger partial charge in [0.2, 0.25) is 6.79 Å². The molecule has 0 atom stereocenters. The molecule has 0 radical (unpaired) electrons. The Bertz CT molecular complexity index is 424. The lowest BCUT2D eigenvalue weighted by Gasteiger charge is -2.40. The summed E-state index contributed by atoms with van der Waals surface area (Å²) in [6, 6.07) is 5.99. The topological polar surface area (TPSA) is 27.7 Å². The molecule has 1 fully saturated rings. The maximum absolute atomic E-state index is 5.85. The molecule has 1 aromatic carbocycles. The van der Waals surface area contributed by atoms with Crippen LogP contribution in [0, 0.1) is 5.41 Å². The van der Waals surface area contributed by atoms with Crippen molar-refractivity contribution in [3.8, 4) is 11.5 Å². The third kappa shape index (κ3) is 2.36. The van der Waals surface area contributed by atoms with Gasteiger partial charge in [-0.1, -0.05) is 28.4 Å². The quantitative estimate of drug-likeness (QED) is 0.779. The number of alkyl halides is 1. The van der Waals surface area contributed by atoms with Gasteiger partial charge in [0.05, 0.1) is 13.2 Å². The van der Waals surface area contributed by atoms with E-state index in [1.54, 1.807) is 0 Å². The second-order valence-electron chi connectivity index (χ2n) is 5.17. The molecule has 0 aromatic heterocycles. The van der Waals surface area contributed by atoms with Crippen molar-refractivity contribution in [2.75, 3.05) is 18.7 Å². The minimum atomic E-state index is 0.326. The predicted molar refractivity (Wildman–Crippen MR) is 72.3 cm³/mol. The van der Waals surface area contributed by atoms with Gasteiger partial charge in [-0.15, -0.1) is 0 Å². The molecule has 98 valence electrons. The fourth-order valence-electron chi connectivity index (χ4n) is 2.41. The Kier molecular flexibility index (Phi) is 3.48. The highest BCUT2D eigenvalue weighted by molar-refractivity contribution is 9.09. The zero-order valence-electron chi connectivity index (χ0n) is 10.3. The van der Waals surface area contributed by atoms with Crippen LogP contribution in [0.15, 0.2) is 18.2 Å². The molecule has 1 aliphatic carbocycles. The van der Waals surface area contributed by atoms with Gasteiger partial charge in [-0.3, -0.25) is 0 Å². The van der Waals surface area contributed by atoms with Crippen LogP contribution in [0.3, 0.4) is 0 Å². The molecule has 3 nitrogen and oxygen atoms in total. The number of ether oxygens (including phenoxy) is 3. The first-order chi connectivity index (χ1) is 8.81. The Morgan fingerprint density at radius 3 is 2.78 bits per heavy atom. The lowest BCUT2D eigenvalue weighted by atomic mass is 9.71. The van der Waals surface area contributed by atoms with E-state index in [0.717, 1.165) is 29.0 Å². The Labute approximate surface area is 116 Å². The van der Waals surface area contributed by atoms with Crippen molar-refractivity contribution in [2.24, 2.45) is 5.41 Å². The van der Waals surface area contributed by atoms with Gasteiger partial charge < -0.3 is 14.2 Å². The molecule has 4 heteroatoms. The van der Waals surface area contributed by atoms with Crippen molar-refractivity contribution in [3.05, 3.63) is 23.8 Å². The van der Waals surface area contributed by atoms with E-state index in [2.05, 4.69) is 15.9 Å². The average molecular weight is 313 g/mol. The summed E-state index contributed by atoms with van der Waals surface area (Å²) in [4.78, 5) is 0. The molecule has 0 unspecified atom stereocenters. The van der Waals surface area contributed by atoms with E-state index >= 15 is 0 Å². The van der Waals surface area contributed by atoms with Crippen molar-refractivity contribution in [1.29, 1.82) is 0 Å². The SMILES string of the molecule is BrCC1(COCc2ccc3c(c2)OCO3)CCC1. The van der Waals surface area contributed by atoms with E-state index in [-0.39, 0.29) is 0 Å². The van der Waals surface area contributed by atoms with Crippen LogP contribution in [0.4, 0.5) is 0 Å². The van der Waals surface area contributed by atoms with Crippen LogP contribution < -0.4 is 9.47 Å². The van der Waals surface area contributed by atoms with Gasteiger partial charge >= 0.3 is 0 Å². The van der Waals surface area contributed by atoms with Crippen molar-refractivity contribution >= 4 is 15.9 Å². The van der Waals surface area contributed by atoms with Gasteiger partial charge in [0, 0.05) is 10.7 Å². The van der Waals surface area contributed by atoms with Crippen LogP contribution in [-0.2, 0) is 11.3 Å². The smallest absolute Gasteiger partial charge is 0.231 e. The molecule has 0 saturated heterocycles. The van der Waals surface area contributed by atoms with Crippen LogP contribution >= 0.6 is 15.9 Å². The maximum Gasteiger partial charge on any atom is 0.231 e. The fraction of sp³-hybridized carbons (Fsp3) is 0.571. The van der Waals surface area contributed by atoms with Gasteiger partial charge in [-0.25, -0.2) is 0 Å². The summed E-state index contributed by atoms with van der Waals surface area (Å²) in [6.07, 6.45) is 3.89. The van der Waals surface area contributed by atoms with Gasteiger partial charge in [-0.05, 0) is 30.5 Å². The van der Waals surface area contributed by atoms with Gasteiger partial charge in [0.25, 0.3) is 0 Å². The zero-order chi connectivity index (χ0) is 12.4. The minimum absolute atomic E-state index is 0.326. The number of hydrogen-bond donors (Lipinski definition) is 0. The Hall–Kier alpha value is -0.740. The fourth-order valence-corrected chi connectivity index (χ4v) is 3.13. The molecule has 1 aliphatic heterocycles. The van der Waals surface area contributed by atoms with Crippen LogP contribution in [0.1, 0.15) is 24.8 Å². The highest BCUT2D eigenvalue weighted by Crippen LogP contribution is 2.42. The predicted octanol–water partition coefficient (Wildman–Crippen LogP) is 3.50. The summed E-state index contributed by atoms with van der Waals surface area (Å²) in [5.74, 6) is 1.66. The van der Waals surface area contributed by atoms with E-state index < -0.39 is 0 Å². The first-order valence-electron chi connectivity index (χ1n) is 6.34. The van der Waals surface area contributed by atoms with Crippen LogP contribution in [-0.4, -0.2) is 18.7 Å². The summed E-state index contributed by atoms with van der Waals surface area (Å²) in [6.45, 7) is 1.81. The number of rotatable bonds is 5. The van der Waals surface area contributed by atoms with E-state index in [0.29, 0.717) is 18.8 Å². The van der Waals surface area contributed by atoms with Crippen LogP contribution in [0.5, 0.6) is 11.5 Å². The first kappa shape index (κ1) is 12.3. The molecular weight excluding hydrogens is 296 g/mol. The number of halogens is 1. The lowest BCUT2D eigenvalue weighted by Crippen LogP contribution is -2.35. The van der Waals surface area contributed by atoms with E-state index in [4.69, 9.17) is 14.2 Å². The van der Waals surface area contributed by atoms with Gasteiger partial charge in [0.1, 0.15) is 0 Å². The second kappa shape index (κ2) is 5.10. The maximum atomic E-state index is 5.85. The number of benzene rings is 1. The van der Waals surface area contributed by atoms with E-state index in [1.807, 2.05) is 18.2 Å². The van der Waals surface area contributed by atoms with Crippen LogP contribution in [0.2, 0.25) is 0 Å². The molecular formula is C14H17BrO3. The molecule has 18 heavy (non-hydrogen) atoms. The number of hydrogen-bond acceptors (Lipinski definition) is 3. The highest BCUT2D eigenvalue weighted by Gasteiger charge is 2.36. The molecule has 1 heterocycles. The highest BCUT2D eigenvalue weighted by atomic mass is 79.9. The van der Waals surface area contributed by atoms with Crippen molar-refractivity contribution in [3.63, 3.8) is 0 Å². The average Bonchev–Trinajstić information content (AvgIpc) is 2.80. The van der Waals surface area contributed by atoms with Crippen molar-refractivity contribution < 1.29 is 14.2 Å². The third-order valence-corrected chi connectivity index (χ3v) is 5.00. The Morgan fingerprint density at radius 2 is 2.06 bits per heavy atom. The van der Waals surface area contributed by atoms with E-state index in [1.165, 1.54) is 19.3 Å². The Balaban J connectivity index is 1.54. The molecule has 2 aliphatic rings. The van der Waals surface area contributed by atoms with Crippen molar-refractivity contribution in [2.45, 2.75) is 25.9 Å². The van der Waals surface area contributed by atoms with Crippen molar-refractivity contribution in [1.82, 2.24) is 0 Å². The zero-order valence-corrected chi connectivity index (χ0v) is 11.9. The first-order valence-corrected chi connectivity index (χ1v) is 7.46. The standard InChI is InChI=1S/C14H17BrO3/c15-8-14(4-1-5-14)9-16-7-11-2-3-12-13(6-11)18-10-17-12/h2-3,6H,1,4-5,7-10H2. The summed E-state index contributed by atoms with van der Waals surface area (Å²) in [7, 11) is 0. The molecule has 0 N–H and O–H groups in total. The lowest BCUT2D eigenvalue weighted by molar-refractivity contribution is 0.00269. The molecule has 0 amide bonds.